The molecule has 4 heterocycles. The van der Waals surface area contributed by atoms with E-state index in [9.17, 15) is 47.9 Å². The number of anilines is 2. The summed E-state index contributed by atoms with van der Waals surface area (Å²) in [4.78, 5) is 178. The molecule has 0 radical (unpaired) electrons. The molecular weight excluding hydrogens is 1230 g/mol. The van der Waals surface area contributed by atoms with E-state index in [1.807, 2.05) is 60.7 Å². The molecule has 0 bridgehead atoms. The van der Waals surface area contributed by atoms with Gasteiger partial charge in [-0.1, -0.05) is 114 Å². The summed E-state index contributed by atoms with van der Waals surface area (Å²) in [5.41, 5.74) is -2.52. The van der Waals surface area contributed by atoms with Crippen LogP contribution in [0.4, 0.5) is 21.0 Å². The van der Waals surface area contributed by atoms with Crippen molar-refractivity contribution in [2.45, 2.75) is 169 Å². The van der Waals surface area contributed by atoms with Crippen LogP contribution >= 0.6 is 0 Å². The van der Waals surface area contributed by atoms with Gasteiger partial charge in [-0.2, -0.15) is 0 Å². The molecule has 4 aromatic rings. The molecule has 518 valence electrons. The molecule has 6 N–H and O–H groups in total. The molecular formula is C70H94N12O14. The molecule has 0 saturated carbocycles. The van der Waals surface area contributed by atoms with Gasteiger partial charge in [0.2, 0.25) is 47.3 Å². The highest BCUT2D eigenvalue weighted by atomic mass is 16.6. The second kappa shape index (κ2) is 28.5. The van der Waals surface area contributed by atoms with E-state index < -0.39 is 167 Å². The van der Waals surface area contributed by atoms with E-state index in [1.165, 1.54) is 47.5 Å². The third kappa shape index (κ3) is 16.3. The second-order valence-electron chi connectivity index (χ2n) is 29.6. The van der Waals surface area contributed by atoms with Crippen molar-refractivity contribution in [3.05, 3.63) is 84.9 Å². The van der Waals surface area contributed by atoms with E-state index in [0.717, 1.165) is 31.3 Å². The van der Waals surface area contributed by atoms with E-state index in [-0.39, 0.29) is 39.0 Å². The highest BCUT2D eigenvalue weighted by Crippen LogP contribution is 2.41. The van der Waals surface area contributed by atoms with Crippen LogP contribution in [0.3, 0.4) is 0 Å². The first kappa shape index (κ1) is 72.5. The first-order chi connectivity index (χ1) is 44.8. The number of nitrogens with zero attached hydrogens (tertiary/aromatic N) is 6. The molecule has 12 amide bonds. The molecule has 0 aliphatic carbocycles. The van der Waals surface area contributed by atoms with Crippen molar-refractivity contribution >= 4 is 104 Å². The van der Waals surface area contributed by atoms with E-state index in [0.29, 0.717) is 11.4 Å². The lowest BCUT2D eigenvalue weighted by Gasteiger charge is -2.37. The fraction of sp³-hybridized carbons (Fsp3) is 0.543. The van der Waals surface area contributed by atoms with Gasteiger partial charge in [-0.15, -0.1) is 0 Å². The Labute approximate surface area is 560 Å². The maximum atomic E-state index is 15.0. The van der Waals surface area contributed by atoms with Crippen LogP contribution in [0.2, 0.25) is 0 Å². The summed E-state index contributed by atoms with van der Waals surface area (Å²) in [5.74, 6) is -9.26. The molecule has 26 nitrogen and oxygen atoms in total. The number of hydrogen-bond donors (Lipinski definition) is 6. The number of rotatable bonds is 16. The number of nitrogens with one attached hydrogen (secondary N) is 6. The molecule has 10 atom stereocenters. The lowest BCUT2D eigenvalue weighted by molar-refractivity contribution is -0.142. The van der Waals surface area contributed by atoms with Gasteiger partial charge in [0.25, 0.3) is 0 Å². The summed E-state index contributed by atoms with van der Waals surface area (Å²) >= 11 is 0. The molecule has 4 aliphatic heterocycles. The van der Waals surface area contributed by atoms with Crippen LogP contribution in [0.15, 0.2) is 84.9 Å². The quantitative estimate of drug-likeness (QED) is 0.0783. The highest BCUT2D eigenvalue weighted by molar-refractivity contribution is 6.35. The predicted octanol–water partition coefficient (Wildman–Crippen LogP) is 5.23. The molecule has 4 aliphatic rings. The van der Waals surface area contributed by atoms with Gasteiger partial charge >= 0.3 is 24.0 Å². The minimum absolute atomic E-state index is 0.0723. The summed E-state index contributed by atoms with van der Waals surface area (Å²) in [6.07, 6.45) is -1.08. The Kier molecular flexibility index (Phi) is 21.5. The summed E-state index contributed by atoms with van der Waals surface area (Å²) < 4.78 is 11.0. The van der Waals surface area contributed by atoms with Gasteiger partial charge in [-0.3, -0.25) is 57.7 Å². The zero-order valence-electron chi connectivity index (χ0n) is 57.9. The largest absolute Gasteiger partial charge is 0.444 e. The molecule has 4 saturated heterocycles. The minimum Gasteiger partial charge on any atom is -0.444 e. The molecule has 4 fully saturated rings. The van der Waals surface area contributed by atoms with Crippen molar-refractivity contribution in [3.8, 4) is 0 Å². The van der Waals surface area contributed by atoms with Crippen LogP contribution in [0.5, 0.6) is 0 Å². The van der Waals surface area contributed by atoms with Gasteiger partial charge in [-0.25, -0.2) is 9.59 Å². The number of likely N-dealkylation sites (N-methyl/N-ethyl adjacent to an activating group) is 2. The van der Waals surface area contributed by atoms with Gasteiger partial charge in [0, 0.05) is 62.4 Å². The number of hydrogen-bond acceptors (Lipinski definition) is 14. The first-order valence-electron chi connectivity index (χ1n) is 32.6. The normalized spacial score (nSPS) is 20.6. The number of ether oxygens (including phenoxy) is 2. The fourth-order valence-electron chi connectivity index (χ4n) is 13.0. The van der Waals surface area contributed by atoms with Crippen LogP contribution in [0.1, 0.15) is 110 Å². The summed E-state index contributed by atoms with van der Waals surface area (Å²) in [7, 11) is 2.83. The standard InChI is InChI=1S/C70H94N12O14/c1-39(77(15)65(93)95-69(9,10)11)57(85)75-55(67(3,4)5)63(91)79-33-31-49-53(79)45(59(87)73-47-29-21-25-41-23-17-19-27-43(41)47)37-81(49)51(83)35-71-61(89)62(90)72-36-52(84)82-38-46(60(88)74-48-30-22-26-42-24-18-20-28-44(42)48)54-50(82)32-34-80(54)64(92)56(68(6,7)8)76-58(86)40(2)78(16)66(94)96-70(12,13)14/h17-30,39-40,45-46,49-50,53-56H,31-38H2,1-16H3,(H,71,89)(H,72,90)(H,73,87)(H,74,88)(H,75,85)(H,76,86). The van der Waals surface area contributed by atoms with Crippen LogP contribution in [0, 0.1) is 22.7 Å². The molecule has 10 unspecified atom stereocenters. The van der Waals surface area contributed by atoms with Crippen LogP contribution in [-0.4, -0.2) is 214 Å². The molecule has 8 rings (SSSR count). The Balaban J connectivity index is 0.966. The monoisotopic (exact) mass is 1330 g/mol. The average Bonchev–Trinajstić information content (AvgIpc) is 1.60. The first-order valence-corrected chi connectivity index (χ1v) is 32.6. The minimum atomic E-state index is -1.26. The predicted molar refractivity (Wildman–Crippen MR) is 359 cm³/mol. The molecule has 0 aromatic heterocycles. The van der Waals surface area contributed by atoms with Crippen molar-refractivity contribution in [2.75, 3.05) is 64.0 Å². The Morgan fingerprint density at radius 2 is 0.812 bits per heavy atom. The Hall–Kier alpha value is -9.36. The Bertz CT molecular complexity index is 3450. The topological polar surface area (TPSA) is 315 Å². The third-order valence-corrected chi connectivity index (χ3v) is 18.3. The Morgan fingerprint density at radius 1 is 0.479 bits per heavy atom. The number of fused-ring (bicyclic) bond motifs is 4. The maximum Gasteiger partial charge on any atom is 0.410 e. The maximum absolute atomic E-state index is 15.0. The third-order valence-electron chi connectivity index (χ3n) is 18.3. The van der Waals surface area contributed by atoms with Crippen LogP contribution in [0.25, 0.3) is 21.5 Å². The lowest BCUT2D eigenvalue weighted by Crippen LogP contribution is -2.60. The molecule has 0 spiro atoms. The van der Waals surface area contributed by atoms with E-state index in [4.69, 9.17) is 9.47 Å². The van der Waals surface area contributed by atoms with E-state index >= 15 is 9.59 Å². The number of carbonyl (C=O) groups excluding carboxylic acids is 12. The zero-order chi connectivity index (χ0) is 70.8. The molecule has 26 heteroatoms. The van der Waals surface area contributed by atoms with Gasteiger partial charge in [0.05, 0.1) is 49.1 Å². The van der Waals surface area contributed by atoms with E-state index in [1.54, 1.807) is 107 Å². The van der Waals surface area contributed by atoms with Crippen LogP contribution < -0.4 is 31.9 Å². The lowest BCUT2D eigenvalue weighted by atomic mass is 9.85. The molecule has 96 heavy (non-hydrogen) atoms. The van der Waals surface area contributed by atoms with Gasteiger partial charge in [-0.05, 0) is 102 Å². The van der Waals surface area contributed by atoms with Crippen molar-refractivity contribution < 1.29 is 67.0 Å². The SMILES string of the molecule is CC(C(=O)NC(C(=O)N1CCC2C1C(C(=O)Nc1cccc3ccccc13)CN2C(=O)CNC(=O)C(=O)NCC(=O)N1CC(C(=O)Nc2cccc3ccccc23)C2C1CCN2C(=O)C(NC(=O)C(C)N(C)C(=O)OC(C)(C)C)C(C)(C)C)C(C)(C)C)N(C)C(=O)OC(C)(C)C. The summed E-state index contributed by atoms with van der Waals surface area (Å²) in [5, 5.41) is 19.7. The Morgan fingerprint density at radius 3 is 1.15 bits per heavy atom. The van der Waals surface area contributed by atoms with Gasteiger partial charge in [0.1, 0.15) is 35.4 Å². The van der Waals surface area contributed by atoms with Crippen molar-refractivity contribution in [2.24, 2.45) is 22.7 Å². The zero-order valence-corrected chi connectivity index (χ0v) is 57.9. The van der Waals surface area contributed by atoms with Crippen molar-refractivity contribution in [1.29, 1.82) is 0 Å². The summed E-state index contributed by atoms with van der Waals surface area (Å²) in [6.45, 7) is 22.1. The summed E-state index contributed by atoms with van der Waals surface area (Å²) in [6, 6.07) is 17.9. The number of likely N-dealkylation sites (tertiary alicyclic amines) is 4. The molecule has 4 aromatic carbocycles. The number of benzene rings is 4. The number of carbonyl (C=O) groups is 12. The average molecular weight is 1330 g/mol. The van der Waals surface area contributed by atoms with Gasteiger partial charge < -0.3 is 61.0 Å². The number of amides is 12. The van der Waals surface area contributed by atoms with E-state index in [2.05, 4.69) is 31.9 Å². The van der Waals surface area contributed by atoms with Crippen molar-refractivity contribution in [1.82, 2.24) is 50.7 Å². The fourth-order valence-corrected chi connectivity index (χ4v) is 13.0. The smallest absolute Gasteiger partial charge is 0.410 e. The van der Waals surface area contributed by atoms with Crippen LogP contribution in [-0.2, 0) is 57.4 Å². The highest BCUT2D eigenvalue weighted by Gasteiger charge is 2.58. The second-order valence-corrected chi connectivity index (χ2v) is 29.6. The van der Waals surface area contributed by atoms with Gasteiger partial charge in [0.15, 0.2) is 0 Å². The van der Waals surface area contributed by atoms with Crippen molar-refractivity contribution in [3.63, 3.8) is 0 Å².